The molecule has 218 valence electrons. The topological polar surface area (TPSA) is 127 Å². The molecule has 0 bridgehead atoms. The van der Waals surface area contributed by atoms with E-state index in [9.17, 15) is 23.4 Å². The van der Waals surface area contributed by atoms with Gasteiger partial charge in [0.05, 0.1) is 17.1 Å². The van der Waals surface area contributed by atoms with Gasteiger partial charge in [-0.25, -0.2) is 13.6 Å². The van der Waals surface area contributed by atoms with Crippen LogP contribution < -0.4 is 5.14 Å². The first-order chi connectivity index (χ1) is 18.3. The first kappa shape index (κ1) is 29.0. The Labute approximate surface area is 233 Å². The van der Waals surface area contributed by atoms with E-state index in [2.05, 4.69) is 20.8 Å². The fourth-order valence-electron chi connectivity index (χ4n) is 9.73. The standard InChI is InChI=1S/C31H47NO6S/c1-19(4-11-28(35)38-18-20-5-7-23(8-6-20)39(32,36)37)24-9-10-25-29-26(13-15-31(24,25)3)30(2)14-12-22(33)16-21(30)17-27(29)34/h5-8,19,21-22,24-27,29,33-34H,4,9-18H2,1-3H3,(H2,32,36,37)/t19-,21+,22-,24-,25+,26+,27+,29+,30+,31-/m1/s1. The first-order valence-electron chi connectivity index (χ1n) is 15.0. The molecule has 4 N–H and O–H groups in total. The summed E-state index contributed by atoms with van der Waals surface area (Å²) in [4.78, 5) is 12.6. The molecule has 4 aliphatic rings. The molecule has 1 aromatic carbocycles. The number of rotatable bonds is 7. The number of sulfonamides is 1. The molecule has 39 heavy (non-hydrogen) atoms. The van der Waals surface area contributed by atoms with Gasteiger partial charge in [0.2, 0.25) is 10.0 Å². The van der Waals surface area contributed by atoms with E-state index >= 15 is 0 Å². The molecule has 4 fully saturated rings. The van der Waals surface area contributed by atoms with Crippen LogP contribution in [0.2, 0.25) is 0 Å². The highest BCUT2D eigenvalue weighted by Gasteiger charge is 2.62. The Morgan fingerprint density at radius 2 is 1.69 bits per heavy atom. The number of carbonyl (C=O) groups excluding carboxylic acids is 1. The molecule has 0 amide bonds. The van der Waals surface area contributed by atoms with Crippen molar-refractivity contribution < 1.29 is 28.2 Å². The van der Waals surface area contributed by atoms with E-state index in [0.717, 1.165) is 56.9 Å². The van der Waals surface area contributed by atoms with Gasteiger partial charge in [-0.3, -0.25) is 4.79 Å². The SMILES string of the molecule is C[C@H](CCC(=O)OCc1ccc(S(N)(=O)=O)cc1)[C@H]1CC[C@H]2[C@@H]3[C@@H](O)C[C@@H]4C[C@H](O)CC[C@]4(C)[C@H]3CC[C@]12C. The Hall–Kier alpha value is -1.48. The molecule has 0 radical (unpaired) electrons. The number of nitrogens with two attached hydrogens (primary N) is 1. The number of fused-ring (bicyclic) bond motifs is 5. The summed E-state index contributed by atoms with van der Waals surface area (Å²) in [6.45, 7) is 7.29. The molecule has 0 aromatic heterocycles. The lowest BCUT2D eigenvalue weighted by molar-refractivity contribution is -0.174. The summed E-state index contributed by atoms with van der Waals surface area (Å²) in [6.07, 6.45) is 8.97. The van der Waals surface area contributed by atoms with Gasteiger partial charge in [-0.1, -0.05) is 32.9 Å². The number of aliphatic hydroxyl groups excluding tert-OH is 2. The minimum Gasteiger partial charge on any atom is -0.461 e. The van der Waals surface area contributed by atoms with Crippen molar-refractivity contribution in [3.05, 3.63) is 29.8 Å². The van der Waals surface area contributed by atoms with Crippen LogP contribution in [0, 0.1) is 46.3 Å². The summed E-state index contributed by atoms with van der Waals surface area (Å²) in [6, 6.07) is 6.08. The van der Waals surface area contributed by atoms with Gasteiger partial charge in [0.25, 0.3) is 0 Å². The number of primary sulfonamides is 1. The van der Waals surface area contributed by atoms with E-state index < -0.39 is 10.0 Å². The lowest BCUT2D eigenvalue weighted by atomic mass is 9.43. The lowest BCUT2D eigenvalue weighted by Gasteiger charge is -2.62. The summed E-state index contributed by atoms with van der Waals surface area (Å²) in [7, 11) is -3.74. The predicted molar refractivity (Wildman–Crippen MR) is 149 cm³/mol. The van der Waals surface area contributed by atoms with Gasteiger partial charge in [-0.15, -0.1) is 0 Å². The van der Waals surface area contributed by atoms with E-state index in [1.807, 2.05) is 0 Å². The molecule has 8 heteroatoms. The smallest absolute Gasteiger partial charge is 0.306 e. The fourth-order valence-corrected chi connectivity index (χ4v) is 10.2. The van der Waals surface area contributed by atoms with Crippen molar-refractivity contribution in [3.8, 4) is 0 Å². The third-order valence-corrected chi connectivity index (χ3v) is 12.8. The molecule has 0 aliphatic heterocycles. The van der Waals surface area contributed by atoms with Crippen LogP contribution in [0.3, 0.4) is 0 Å². The van der Waals surface area contributed by atoms with E-state index in [1.165, 1.54) is 18.6 Å². The van der Waals surface area contributed by atoms with Crippen molar-refractivity contribution in [2.75, 3.05) is 0 Å². The fraction of sp³-hybridized carbons (Fsp3) is 0.774. The van der Waals surface area contributed by atoms with Crippen LogP contribution in [0.5, 0.6) is 0 Å². The van der Waals surface area contributed by atoms with E-state index in [4.69, 9.17) is 9.88 Å². The second-order valence-electron chi connectivity index (χ2n) is 13.8. The average molecular weight is 562 g/mol. The van der Waals surface area contributed by atoms with Crippen LogP contribution in [0.25, 0.3) is 0 Å². The van der Waals surface area contributed by atoms with Gasteiger partial charge in [0.15, 0.2) is 0 Å². The summed E-state index contributed by atoms with van der Waals surface area (Å²) >= 11 is 0. The number of hydrogen-bond donors (Lipinski definition) is 3. The quantitative estimate of drug-likeness (QED) is 0.411. The van der Waals surface area contributed by atoms with Crippen LogP contribution in [-0.4, -0.2) is 36.8 Å². The van der Waals surface area contributed by atoms with Crippen LogP contribution >= 0.6 is 0 Å². The predicted octanol–water partition coefficient (Wildman–Crippen LogP) is 4.78. The minimum atomic E-state index is -3.74. The van der Waals surface area contributed by atoms with Crippen molar-refractivity contribution in [1.29, 1.82) is 0 Å². The number of aliphatic hydroxyl groups is 2. The monoisotopic (exact) mass is 561 g/mol. The molecule has 10 atom stereocenters. The Balaban J connectivity index is 1.17. The van der Waals surface area contributed by atoms with E-state index in [1.54, 1.807) is 12.1 Å². The van der Waals surface area contributed by atoms with Crippen LogP contribution in [0.4, 0.5) is 0 Å². The zero-order valence-electron chi connectivity index (χ0n) is 23.7. The Morgan fingerprint density at radius 1 is 1.03 bits per heavy atom. The van der Waals surface area contributed by atoms with Crippen molar-refractivity contribution in [2.24, 2.45) is 51.5 Å². The van der Waals surface area contributed by atoms with Crippen molar-refractivity contribution in [2.45, 2.75) is 109 Å². The Kier molecular flexibility index (Phi) is 7.99. The van der Waals surface area contributed by atoms with Gasteiger partial charge >= 0.3 is 5.97 Å². The van der Waals surface area contributed by atoms with Gasteiger partial charge in [-0.05, 0) is 122 Å². The molecule has 4 saturated carbocycles. The van der Waals surface area contributed by atoms with Crippen molar-refractivity contribution in [1.82, 2.24) is 0 Å². The zero-order chi connectivity index (χ0) is 28.2. The van der Waals surface area contributed by atoms with Gasteiger partial charge < -0.3 is 14.9 Å². The molecular formula is C31H47NO6S. The number of esters is 1. The number of hydrogen-bond acceptors (Lipinski definition) is 6. The second-order valence-corrected chi connectivity index (χ2v) is 15.4. The molecule has 4 aliphatic carbocycles. The maximum atomic E-state index is 12.6. The second kappa shape index (κ2) is 10.7. The van der Waals surface area contributed by atoms with E-state index in [0.29, 0.717) is 41.9 Å². The maximum absolute atomic E-state index is 12.6. The normalized spacial score (nSPS) is 40.7. The number of carbonyl (C=O) groups is 1. The maximum Gasteiger partial charge on any atom is 0.306 e. The van der Waals surface area contributed by atoms with E-state index in [-0.39, 0.29) is 40.5 Å². The van der Waals surface area contributed by atoms with Crippen molar-refractivity contribution in [3.63, 3.8) is 0 Å². The summed E-state index contributed by atoms with van der Waals surface area (Å²) in [5, 5.41) is 26.9. The summed E-state index contributed by atoms with van der Waals surface area (Å²) < 4.78 is 28.3. The molecule has 0 unspecified atom stereocenters. The minimum absolute atomic E-state index is 0.0380. The Bertz CT molecular complexity index is 1150. The first-order valence-corrected chi connectivity index (χ1v) is 16.5. The molecule has 5 rings (SSSR count). The van der Waals surface area contributed by atoms with Gasteiger partial charge in [0, 0.05) is 6.42 Å². The average Bonchev–Trinajstić information content (AvgIpc) is 3.24. The molecule has 0 saturated heterocycles. The summed E-state index contributed by atoms with van der Waals surface area (Å²) in [5.74, 6) is 2.54. The van der Waals surface area contributed by atoms with Crippen LogP contribution in [0.15, 0.2) is 29.2 Å². The lowest BCUT2D eigenvalue weighted by Crippen LogP contribution is -2.58. The molecule has 0 spiro atoms. The highest BCUT2D eigenvalue weighted by Crippen LogP contribution is 2.68. The largest absolute Gasteiger partial charge is 0.461 e. The summed E-state index contributed by atoms with van der Waals surface area (Å²) in [5.41, 5.74) is 1.14. The zero-order valence-corrected chi connectivity index (χ0v) is 24.5. The molecular weight excluding hydrogens is 514 g/mol. The molecule has 1 aromatic rings. The van der Waals surface area contributed by atoms with Crippen molar-refractivity contribution >= 4 is 16.0 Å². The molecule has 7 nitrogen and oxygen atoms in total. The van der Waals surface area contributed by atoms with Gasteiger partial charge in [0.1, 0.15) is 6.61 Å². The highest BCUT2D eigenvalue weighted by atomic mass is 32.2. The Morgan fingerprint density at radius 3 is 2.38 bits per heavy atom. The highest BCUT2D eigenvalue weighted by molar-refractivity contribution is 7.89. The van der Waals surface area contributed by atoms with Crippen LogP contribution in [-0.2, 0) is 26.2 Å². The number of benzene rings is 1. The van der Waals surface area contributed by atoms with Crippen LogP contribution in [0.1, 0.15) is 90.5 Å². The number of ether oxygens (including phenoxy) is 1. The third kappa shape index (κ3) is 5.43. The van der Waals surface area contributed by atoms with Gasteiger partial charge in [-0.2, -0.15) is 0 Å². The third-order valence-electron chi connectivity index (χ3n) is 11.9. The molecule has 0 heterocycles.